The van der Waals surface area contributed by atoms with Gasteiger partial charge in [-0.25, -0.2) is 0 Å². The molecule has 4 heteroatoms. The average Bonchev–Trinajstić information content (AvgIpc) is 2.89. The van der Waals surface area contributed by atoms with Crippen LogP contribution >= 0.6 is 0 Å². The minimum Gasteiger partial charge on any atom is -0.495 e. The van der Waals surface area contributed by atoms with Gasteiger partial charge in [0.2, 0.25) is 0 Å². The fraction of sp³-hybridized carbons (Fsp3) is 0.667. The Kier molecular flexibility index (Phi) is 9.58. The van der Waals surface area contributed by atoms with Gasteiger partial charge in [-0.2, -0.15) is 5.10 Å². The van der Waals surface area contributed by atoms with E-state index in [1.54, 1.807) is 0 Å². The summed E-state index contributed by atoms with van der Waals surface area (Å²) in [5.41, 5.74) is 3.24. The van der Waals surface area contributed by atoms with Crippen molar-refractivity contribution in [1.29, 1.82) is 0 Å². The van der Waals surface area contributed by atoms with E-state index in [0.717, 1.165) is 42.1 Å². The molecule has 0 amide bonds. The van der Waals surface area contributed by atoms with Crippen molar-refractivity contribution in [3.8, 4) is 0 Å². The van der Waals surface area contributed by atoms with Gasteiger partial charge in [0, 0.05) is 11.6 Å². The van der Waals surface area contributed by atoms with Gasteiger partial charge in [0.1, 0.15) is 0 Å². The van der Waals surface area contributed by atoms with Gasteiger partial charge >= 0.3 is 0 Å². The van der Waals surface area contributed by atoms with Crippen molar-refractivity contribution in [1.82, 2.24) is 15.1 Å². The third kappa shape index (κ3) is 6.69. The van der Waals surface area contributed by atoms with Crippen molar-refractivity contribution >= 4 is 12.2 Å². The molecule has 0 saturated carbocycles. The lowest BCUT2D eigenvalue weighted by Crippen LogP contribution is -2.16. The first-order chi connectivity index (χ1) is 11.9. The highest BCUT2D eigenvalue weighted by Crippen LogP contribution is 2.25. The van der Waals surface area contributed by atoms with Crippen LogP contribution in [0.1, 0.15) is 82.8 Å². The molecule has 142 valence electrons. The highest BCUT2D eigenvalue weighted by Gasteiger charge is 2.16. The lowest BCUT2D eigenvalue weighted by molar-refractivity contribution is 0.128. The first-order valence-corrected chi connectivity index (χ1v) is 9.65. The number of aryl methyl sites for hydroxylation is 1. The van der Waals surface area contributed by atoms with Gasteiger partial charge in [-0.05, 0) is 66.3 Å². The van der Waals surface area contributed by atoms with Crippen LogP contribution in [0.15, 0.2) is 12.3 Å². The second-order valence-electron chi connectivity index (χ2n) is 6.95. The van der Waals surface area contributed by atoms with Crippen LogP contribution in [0.2, 0.25) is 0 Å². The summed E-state index contributed by atoms with van der Waals surface area (Å²) >= 11 is 0. The van der Waals surface area contributed by atoms with Crippen molar-refractivity contribution in [3.05, 3.63) is 29.3 Å². The first-order valence-electron chi connectivity index (χ1n) is 9.65. The monoisotopic (exact) mass is 347 g/mol. The molecule has 2 atom stereocenters. The molecule has 0 spiro atoms. The summed E-state index contributed by atoms with van der Waals surface area (Å²) in [6.45, 7) is 15.6. The Labute approximate surface area is 154 Å². The lowest BCUT2D eigenvalue weighted by Gasteiger charge is -2.16. The Bertz CT molecular complexity index is 560. The van der Waals surface area contributed by atoms with Gasteiger partial charge in [0.05, 0.1) is 23.3 Å². The standard InChI is InChI=1S/C21H37N3O/c1-8-10-11-12-16(3)24-21(9-2)20(19(6)23-24)15-18(5)25-17(4)13-14-22-7/h9,15-17,22H,2,8,10-14H2,1,3-7H3/b18-15+. The van der Waals surface area contributed by atoms with Gasteiger partial charge in [-0.15, -0.1) is 0 Å². The van der Waals surface area contributed by atoms with Crippen LogP contribution in [0, 0.1) is 6.92 Å². The van der Waals surface area contributed by atoms with Crippen LogP contribution in [-0.4, -0.2) is 29.5 Å². The van der Waals surface area contributed by atoms with Crippen LogP contribution in [0.5, 0.6) is 0 Å². The molecule has 1 N–H and O–H groups in total. The summed E-state index contributed by atoms with van der Waals surface area (Å²) < 4.78 is 8.14. The minimum absolute atomic E-state index is 0.194. The number of rotatable bonds is 12. The molecule has 1 rings (SSSR count). The fourth-order valence-electron chi connectivity index (χ4n) is 3.07. The highest BCUT2D eigenvalue weighted by molar-refractivity contribution is 5.64. The summed E-state index contributed by atoms with van der Waals surface area (Å²) in [5.74, 6) is 0.924. The molecule has 0 aliphatic carbocycles. The van der Waals surface area contributed by atoms with Crippen LogP contribution < -0.4 is 5.32 Å². The van der Waals surface area contributed by atoms with Crippen molar-refractivity contribution < 1.29 is 4.74 Å². The van der Waals surface area contributed by atoms with Crippen molar-refractivity contribution in [2.45, 2.75) is 78.9 Å². The quantitative estimate of drug-likeness (QED) is 0.409. The summed E-state index contributed by atoms with van der Waals surface area (Å²) in [7, 11) is 1.96. The third-order valence-corrected chi connectivity index (χ3v) is 4.54. The van der Waals surface area contributed by atoms with E-state index in [4.69, 9.17) is 9.84 Å². The van der Waals surface area contributed by atoms with E-state index in [-0.39, 0.29) is 6.10 Å². The smallest absolute Gasteiger partial charge is 0.0966 e. The Morgan fingerprint density at radius 3 is 2.64 bits per heavy atom. The largest absolute Gasteiger partial charge is 0.495 e. The number of aromatic nitrogens is 2. The predicted molar refractivity (Wildman–Crippen MR) is 109 cm³/mol. The van der Waals surface area contributed by atoms with E-state index in [1.165, 1.54) is 19.3 Å². The molecular weight excluding hydrogens is 310 g/mol. The maximum absolute atomic E-state index is 6.01. The summed E-state index contributed by atoms with van der Waals surface area (Å²) in [6.07, 6.45) is 10.1. The minimum atomic E-state index is 0.194. The molecule has 0 fully saturated rings. The number of unbranched alkanes of at least 4 members (excludes halogenated alkanes) is 2. The van der Waals surface area contributed by atoms with E-state index >= 15 is 0 Å². The lowest BCUT2D eigenvalue weighted by atomic mass is 10.1. The fourth-order valence-corrected chi connectivity index (χ4v) is 3.07. The van der Waals surface area contributed by atoms with Gasteiger partial charge in [0.15, 0.2) is 0 Å². The van der Waals surface area contributed by atoms with Gasteiger partial charge in [0.25, 0.3) is 0 Å². The second-order valence-corrected chi connectivity index (χ2v) is 6.95. The Morgan fingerprint density at radius 1 is 1.32 bits per heavy atom. The van der Waals surface area contributed by atoms with Crippen LogP contribution in [0.25, 0.3) is 12.2 Å². The predicted octanol–water partition coefficient (Wildman–Crippen LogP) is 5.35. The van der Waals surface area contributed by atoms with Crippen LogP contribution in [0.3, 0.4) is 0 Å². The maximum Gasteiger partial charge on any atom is 0.0966 e. The summed E-state index contributed by atoms with van der Waals surface area (Å²) in [5, 5.41) is 7.94. The number of allylic oxidation sites excluding steroid dienone is 1. The normalized spacial score (nSPS) is 14.4. The number of hydrogen-bond donors (Lipinski definition) is 1. The number of nitrogens with zero attached hydrogens (tertiary/aromatic N) is 2. The van der Waals surface area contributed by atoms with E-state index in [1.807, 2.05) is 20.0 Å². The number of hydrogen-bond acceptors (Lipinski definition) is 3. The maximum atomic E-state index is 6.01. The summed E-state index contributed by atoms with van der Waals surface area (Å²) in [6, 6.07) is 0.385. The van der Waals surface area contributed by atoms with Crippen molar-refractivity contribution in [3.63, 3.8) is 0 Å². The summed E-state index contributed by atoms with van der Waals surface area (Å²) in [4.78, 5) is 0. The Balaban J connectivity index is 2.92. The molecule has 0 aliphatic rings. The number of ether oxygens (including phenoxy) is 1. The molecule has 25 heavy (non-hydrogen) atoms. The van der Waals surface area contributed by atoms with Gasteiger partial charge in [-0.1, -0.05) is 32.8 Å². The molecular formula is C21H37N3O. The molecule has 0 radical (unpaired) electrons. The zero-order chi connectivity index (χ0) is 18.8. The number of nitrogens with one attached hydrogen (secondary N) is 1. The van der Waals surface area contributed by atoms with Crippen LogP contribution in [0.4, 0.5) is 0 Å². The molecule has 0 bridgehead atoms. The zero-order valence-electron chi connectivity index (χ0n) is 17.1. The average molecular weight is 348 g/mol. The Morgan fingerprint density at radius 2 is 2.04 bits per heavy atom. The zero-order valence-corrected chi connectivity index (χ0v) is 17.1. The molecule has 0 saturated heterocycles. The second kappa shape index (κ2) is 11.1. The molecule has 1 heterocycles. The van der Waals surface area contributed by atoms with Gasteiger partial charge in [-0.3, -0.25) is 4.68 Å². The molecule has 1 aromatic heterocycles. The molecule has 2 unspecified atom stereocenters. The Hall–Kier alpha value is -1.55. The topological polar surface area (TPSA) is 39.1 Å². The third-order valence-electron chi connectivity index (χ3n) is 4.54. The molecule has 0 aliphatic heterocycles. The first kappa shape index (κ1) is 21.5. The molecule has 1 aromatic rings. The van der Waals surface area contributed by atoms with Crippen LogP contribution in [-0.2, 0) is 4.74 Å². The van der Waals surface area contributed by atoms with E-state index in [2.05, 4.69) is 50.3 Å². The molecule has 0 aromatic carbocycles. The van der Waals surface area contributed by atoms with Gasteiger partial charge < -0.3 is 10.1 Å². The van der Waals surface area contributed by atoms with E-state index < -0.39 is 0 Å². The highest BCUT2D eigenvalue weighted by atomic mass is 16.5. The molecule has 4 nitrogen and oxygen atoms in total. The van der Waals surface area contributed by atoms with Crippen molar-refractivity contribution in [2.24, 2.45) is 0 Å². The van der Waals surface area contributed by atoms with E-state index in [0.29, 0.717) is 6.04 Å². The SMILES string of the molecule is C=Cc1c(/C=C(\C)OC(C)CCNC)c(C)nn1C(C)CCCCC. The van der Waals surface area contributed by atoms with Crippen molar-refractivity contribution in [2.75, 3.05) is 13.6 Å². The van der Waals surface area contributed by atoms with E-state index in [9.17, 15) is 0 Å².